The molecule has 2 aromatic heterocycles. The predicted molar refractivity (Wildman–Crippen MR) is 213 cm³/mol. The Labute approximate surface area is 320 Å². The van der Waals surface area contributed by atoms with Crippen LogP contribution in [-0.2, 0) is 48.7 Å². The maximum atomic E-state index is 15.5. The van der Waals surface area contributed by atoms with Crippen molar-refractivity contribution in [3.8, 4) is 28.4 Å². The van der Waals surface area contributed by atoms with E-state index >= 15 is 4.39 Å². The molecule has 55 heavy (non-hydrogen) atoms. The van der Waals surface area contributed by atoms with Gasteiger partial charge in [0.2, 0.25) is 0 Å². The molecule has 0 aliphatic carbocycles. The summed E-state index contributed by atoms with van der Waals surface area (Å²) in [5.41, 5.74) is 9.19. The summed E-state index contributed by atoms with van der Waals surface area (Å²) in [4.78, 5) is 21.2. The first-order chi connectivity index (χ1) is 26.9. The average molecular weight is 734 g/mol. The van der Waals surface area contributed by atoms with Gasteiger partial charge in [0.05, 0.1) is 11.2 Å². The smallest absolute Gasteiger partial charge is 0.324 e. The van der Waals surface area contributed by atoms with Gasteiger partial charge in [0.15, 0.2) is 17.4 Å². The van der Waals surface area contributed by atoms with Gasteiger partial charge >= 0.3 is 5.97 Å². The normalized spacial score (nSPS) is 14.3. The number of fused-ring (bicyclic) bond motifs is 2. The number of imidazole rings is 1. The summed E-state index contributed by atoms with van der Waals surface area (Å²) >= 11 is 0. The number of aromatic nitrogens is 4. The summed E-state index contributed by atoms with van der Waals surface area (Å²) in [6, 6.07) is 38.9. The summed E-state index contributed by atoms with van der Waals surface area (Å²) in [5.74, 6) is 0.328. The lowest BCUT2D eigenvalue weighted by molar-refractivity contribution is -0.153. The number of aromatic amines is 1. The fourth-order valence-corrected chi connectivity index (χ4v) is 7.54. The molecule has 8 rings (SSSR count). The molecule has 1 atom stereocenters. The number of nitrogens with one attached hydrogen (secondary N) is 1. The summed E-state index contributed by atoms with van der Waals surface area (Å²) in [7, 11) is 0. The zero-order valence-electron chi connectivity index (χ0n) is 31.3. The fraction of sp³-hybridized carbons (Fsp3) is 0.239. The van der Waals surface area contributed by atoms with Crippen LogP contribution in [0.4, 0.5) is 4.39 Å². The number of H-pyrrole nitrogens is 1. The van der Waals surface area contributed by atoms with Crippen molar-refractivity contribution >= 4 is 16.9 Å². The lowest BCUT2D eigenvalue weighted by atomic mass is 9.96. The number of nitrogens with zero attached hydrogens (tertiary/aromatic N) is 4. The van der Waals surface area contributed by atoms with E-state index in [9.17, 15) is 4.79 Å². The van der Waals surface area contributed by atoms with Gasteiger partial charge in [-0.3, -0.25) is 14.8 Å². The molecular formula is C46H44FN5O3. The Morgan fingerprint density at radius 3 is 2.22 bits per heavy atom. The van der Waals surface area contributed by atoms with E-state index in [0.29, 0.717) is 32.5 Å². The molecule has 1 aliphatic heterocycles. The van der Waals surface area contributed by atoms with E-state index in [1.54, 1.807) is 6.07 Å². The number of hydrogen-bond donors (Lipinski definition) is 1. The molecule has 1 unspecified atom stereocenters. The third kappa shape index (κ3) is 7.53. The highest BCUT2D eigenvalue weighted by Gasteiger charge is 2.38. The molecule has 0 amide bonds. The second-order valence-corrected chi connectivity index (χ2v) is 14.4. The maximum absolute atomic E-state index is 15.5. The maximum Gasteiger partial charge on any atom is 0.324 e. The minimum absolute atomic E-state index is 0.0946. The van der Waals surface area contributed by atoms with Crippen LogP contribution in [-0.4, -0.2) is 42.7 Å². The van der Waals surface area contributed by atoms with Crippen LogP contribution in [0.2, 0.25) is 0 Å². The number of carbonyl (C=O) groups is 1. The van der Waals surface area contributed by atoms with Crippen molar-refractivity contribution in [2.24, 2.45) is 0 Å². The van der Waals surface area contributed by atoms with Crippen molar-refractivity contribution in [2.75, 3.05) is 0 Å². The lowest BCUT2D eigenvalue weighted by Crippen LogP contribution is -2.49. The highest BCUT2D eigenvalue weighted by molar-refractivity contribution is 5.94. The molecule has 9 heteroatoms. The van der Waals surface area contributed by atoms with Crippen molar-refractivity contribution in [3.05, 3.63) is 161 Å². The summed E-state index contributed by atoms with van der Waals surface area (Å²) in [5, 5.41) is 8.99. The Balaban J connectivity index is 1.13. The monoisotopic (exact) mass is 733 g/mol. The number of rotatable bonds is 12. The van der Waals surface area contributed by atoms with Crippen molar-refractivity contribution in [1.29, 1.82) is 0 Å². The first-order valence-electron chi connectivity index (χ1n) is 18.9. The van der Waals surface area contributed by atoms with Crippen LogP contribution in [0.25, 0.3) is 33.5 Å². The third-order valence-corrected chi connectivity index (χ3v) is 10.5. The van der Waals surface area contributed by atoms with E-state index in [1.807, 2.05) is 103 Å². The molecule has 0 spiro atoms. The molecule has 0 saturated carbocycles. The molecule has 3 heterocycles. The highest BCUT2D eigenvalue weighted by Crippen LogP contribution is 2.37. The van der Waals surface area contributed by atoms with Gasteiger partial charge in [-0.25, -0.2) is 9.37 Å². The number of hydrogen-bond acceptors (Lipinski definition) is 6. The Hall–Kier alpha value is -6.06. The van der Waals surface area contributed by atoms with Crippen LogP contribution in [0.5, 0.6) is 5.75 Å². The first-order valence-corrected chi connectivity index (χ1v) is 18.9. The van der Waals surface area contributed by atoms with Crippen molar-refractivity contribution in [1.82, 2.24) is 24.6 Å². The Kier molecular flexibility index (Phi) is 10.3. The van der Waals surface area contributed by atoms with Gasteiger partial charge < -0.3 is 14.0 Å². The molecule has 7 aromatic rings. The fourth-order valence-electron chi connectivity index (χ4n) is 7.54. The van der Waals surface area contributed by atoms with Gasteiger partial charge in [-0.1, -0.05) is 104 Å². The van der Waals surface area contributed by atoms with E-state index in [2.05, 4.69) is 47.5 Å². The van der Waals surface area contributed by atoms with Crippen LogP contribution in [0.1, 0.15) is 54.4 Å². The molecule has 0 radical (unpaired) electrons. The van der Waals surface area contributed by atoms with Gasteiger partial charge in [-0.05, 0) is 77.9 Å². The molecule has 1 aliphatic rings. The molecular weight excluding hydrogens is 690 g/mol. The molecule has 0 saturated heterocycles. The quantitative estimate of drug-likeness (QED) is 0.126. The Morgan fingerprint density at radius 1 is 0.873 bits per heavy atom. The van der Waals surface area contributed by atoms with E-state index in [-0.39, 0.29) is 24.4 Å². The van der Waals surface area contributed by atoms with Crippen LogP contribution in [0, 0.1) is 5.82 Å². The van der Waals surface area contributed by atoms with Gasteiger partial charge in [0.25, 0.3) is 0 Å². The topological polar surface area (TPSA) is 85.3 Å². The second kappa shape index (κ2) is 15.7. The summed E-state index contributed by atoms with van der Waals surface area (Å²) in [6.45, 7) is 7.86. The standard InChI is InChI=1S/C46H44FN5O3/c1-4-34-23-43(54-28-32-16-10-6-11-17-32)38(47)24-37(34)35-20-21-36-39(22-35)49-50-44(36)45-48-40-27-51(30(2)3)42(46(53)55-29-33-18-12-7-13-19-33)25-41(40)52(45)26-31-14-8-5-9-15-31/h5-24,30,42H,4,25-29H2,1-3H3,(H,49,50). The molecule has 5 aromatic carbocycles. The van der Waals surface area contributed by atoms with E-state index in [1.165, 1.54) is 0 Å². The second-order valence-electron chi connectivity index (χ2n) is 14.4. The molecule has 8 nitrogen and oxygen atoms in total. The van der Waals surface area contributed by atoms with Gasteiger partial charge in [0, 0.05) is 36.6 Å². The van der Waals surface area contributed by atoms with Crippen molar-refractivity contribution in [2.45, 2.75) is 72.0 Å². The van der Waals surface area contributed by atoms with Gasteiger partial charge in [0.1, 0.15) is 24.9 Å². The number of aryl methyl sites for hydroxylation is 1. The van der Waals surface area contributed by atoms with E-state index in [4.69, 9.17) is 19.6 Å². The minimum Gasteiger partial charge on any atom is -0.486 e. The molecule has 0 fully saturated rings. The average Bonchev–Trinajstić information content (AvgIpc) is 3.80. The van der Waals surface area contributed by atoms with E-state index < -0.39 is 11.9 Å². The van der Waals surface area contributed by atoms with Crippen LogP contribution >= 0.6 is 0 Å². The minimum atomic E-state index is -0.461. The Bertz CT molecular complexity index is 2430. The summed E-state index contributed by atoms with van der Waals surface area (Å²) in [6.07, 6.45) is 1.17. The summed E-state index contributed by atoms with van der Waals surface area (Å²) < 4.78 is 29.5. The number of halogens is 1. The Morgan fingerprint density at radius 2 is 1.55 bits per heavy atom. The van der Waals surface area contributed by atoms with Crippen molar-refractivity contribution < 1.29 is 18.7 Å². The largest absolute Gasteiger partial charge is 0.486 e. The van der Waals surface area contributed by atoms with Crippen LogP contribution < -0.4 is 4.74 Å². The SMILES string of the molecule is CCc1cc(OCc2ccccc2)c(F)cc1-c1ccc2c(-c3nc4c(n3Cc3ccccc3)CC(C(=O)OCc3ccccc3)N(C(C)C)C4)n[nH]c2c1. The van der Waals surface area contributed by atoms with E-state index in [0.717, 1.165) is 67.2 Å². The van der Waals surface area contributed by atoms with Crippen LogP contribution in [0.3, 0.4) is 0 Å². The van der Waals surface area contributed by atoms with Gasteiger partial charge in [-0.2, -0.15) is 5.10 Å². The highest BCUT2D eigenvalue weighted by atomic mass is 19.1. The lowest BCUT2D eigenvalue weighted by Gasteiger charge is -2.36. The van der Waals surface area contributed by atoms with Crippen molar-refractivity contribution in [3.63, 3.8) is 0 Å². The molecule has 0 bridgehead atoms. The number of ether oxygens (including phenoxy) is 2. The first kappa shape index (κ1) is 35.9. The zero-order valence-corrected chi connectivity index (χ0v) is 31.3. The zero-order chi connectivity index (χ0) is 37.9. The molecule has 278 valence electrons. The third-order valence-electron chi connectivity index (χ3n) is 10.5. The number of carbonyl (C=O) groups excluding carboxylic acids is 1. The van der Waals surface area contributed by atoms with Crippen LogP contribution in [0.15, 0.2) is 121 Å². The number of benzene rings is 5. The number of esters is 1. The van der Waals surface area contributed by atoms with Gasteiger partial charge in [-0.15, -0.1) is 0 Å². The molecule has 1 N–H and O–H groups in total. The predicted octanol–water partition coefficient (Wildman–Crippen LogP) is 9.30.